The molecular weight excluding hydrogens is 256 g/mol. The van der Waals surface area contributed by atoms with E-state index in [1.54, 1.807) is 0 Å². The number of amides is 2. The molecule has 18 heavy (non-hydrogen) atoms. The van der Waals surface area contributed by atoms with Gasteiger partial charge in [0.1, 0.15) is 11.6 Å². The van der Waals surface area contributed by atoms with Crippen molar-refractivity contribution >= 4 is 29.1 Å². The molecule has 0 unspecified atom stereocenters. The molecule has 96 valence electrons. The molecule has 5 nitrogen and oxygen atoms in total. The lowest BCUT2D eigenvalue weighted by Crippen LogP contribution is -2.27. The molecule has 0 radical (unpaired) electrons. The fourth-order valence-corrected chi connectivity index (χ4v) is 1.77. The van der Waals surface area contributed by atoms with E-state index in [4.69, 9.17) is 16.3 Å². The van der Waals surface area contributed by atoms with Gasteiger partial charge in [-0.15, -0.1) is 11.6 Å². The molecule has 0 aliphatic carbocycles. The van der Waals surface area contributed by atoms with Gasteiger partial charge < -0.3 is 15.4 Å². The van der Waals surface area contributed by atoms with E-state index in [-0.39, 0.29) is 24.3 Å². The van der Waals surface area contributed by atoms with Gasteiger partial charge in [-0.3, -0.25) is 9.59 Å². The average Bonchev–Trinajstić information content (AvgIpc) is 2.38. The monoisotopic (exact) mass is 268 g/mol. The molecule has 1 aliphatic rings. The lowest BCUT2D eigenvalue weighted by atomic mass is 10.1. The molecule has 2 rings (SSSR count). The number of alkyl halides is 1. The van der Waals surface area contributed by atoms with Crippen LogP contribution in [0, 0.1) is 0 Å². The fraction of sp³-hybridized carbons (Fsp3) is 0.333. The summed E-state index contributed by atoms with van der Waals surface area (Å²) in [5.41, 5.74) is 1.68. The first-order valence-corrected chi connectivity index (χ1v) is 6.11. The van der Waals surface area contributed by atoms with Crippen LogP contribution in [0.5, 0.6) is 5.75 Å². The normalized spacial score (nSPS) is 13.3. The summed E-state index contributed by atoms with van der Waals surface area (Å²) in [7, 11) is 0. The predicted molar refractivity (Wildman–Crippen MR) is 68.0 cm³/mol. The van der Waals surface area contributed by atoms with Gasteiger partial charge in [0, 0.05) is 6.54 Å². The molecular formula is C12H13ClN2O3. The van der Waals surface area contributed by atoms with Crippen LogP contribution in [0.3, 0.4) is 0 Å². The minimum atomic E-state index is -0.189. The van der Waals surface area contributed by atoms with Crippen LogP contribution in [0.1, 0.15) is 5.56 Å². The second-order valence-electron chi connectivity index (χ2n) is 3.90. The van der Waals surface area contributed by atoms with E-state index in [2.05, 4.69) is 10.6 Å². The third-order valence-corrected chi connectivity index (χ3v) is 2.78. The Morgan fingerprint density at radius 3 is 3.11 bits per heavy atom. The summed E-state index contributed by atoms with van der Waals surface area (Å²) in [4.78, 5) is 22.1. The highest BCUT2D eigenvalue weighted by molar-refractivity contribution is 6.27. The summed E-state index contributed by atoms with van der Waals surface area (Å²) >= 11 is 5.37. The van der Waals surface area contributed by atoms with E-state index in [9.17, 15) is 9.59 Å². The number of carbonyl (C=O) groups excluding carboxylic acids is 2. The second kappa shape index (κ2) is 5.73. The number of fused-ring (bicyclic) bond motifs is 1. The lowest BCUT2D eigenvalue weighted by Gasteiger charge is -2.18. The first-order valence-electron chi connectivity index (χ1n) is 5.57. The van der Waals surface area contributed by atoms with Crippen LogP contribution in [0.15, 0.2) is 18.2 Å². The number of hydrogen-bond donors (Lipinski definition) is 2. The van der Waals surface area contributed by atoms with E-state index in [1.165, 1.54) is 0 Å². The van der Waals surface area contributed by atoms with Gasteiger partial charge in [0.2, 0.25) is 5.91 Å². The minimum absolute atomic E-state index is 0.0336. The minimum Gasteiger partial charge on any atom is -0.482 e. The van der Waals surface area contributed by atoms with Crippen molar-refractivity contribution in [3.05, 3.63) is 23.8 Å². The first-order chi connectivity index (χ1) is 8.69. The van der Waals surface area contributed by atoms with Crippen molar-refractivity contribution in [3.63, 3.8) is 0 Å². The highest BCUT2D eigenvalue weighted by atomic mass is 35.5. The third kappa shape index (κ3) is 3.13. The Balaban J connectivity index is 1.96. The maximum atomic E-state index is 11.2. The molecule has 2 N–H and O–H groups in total. The summed E-state index contributed by atoms with van der Waals surface area (Å²) in [6, 6.07) is 5.57. The van der Waals surface area contributed by atoms with Crippen LogP contribution in [0.4, 0.5) is 5.69 Å². The molecule has 0 atom stereocenters. The van der Waals surface area contributed by atoms with Gasteiger partial charge in [0.15, 0.2) is 6.61 Å². The Morgan fingerprint density at radius 2 is 2.33 bits per heavy atom. The van der Waals surface area contributed by atoms with Crippen molar-refractivity contribution in [2.75, 3.05) is 24.3 Å². The Hall–Kier alpha value is -1.75. The first kappa shape index (κ1) is 12.7. The number of rotatable bonds is 4. The van der Waals surface area contributed by atoms with E-state index >= 15 is 0 Å². The summed E-state index contributed by atoms with van der Waals surface area (Å²) in [6.07, 6.45) is 0.672. The van der Waals surface area contributed by atoms with Crippen molar-refractivity contribution in [1.29, 1.82) is 0 Å². The molecule has 0 spiro atoms. The van der Waals surface area contributed by atoms with Gasteiger partial charge in [0.05, 0.1) is 5.69 Å². The largest absolute Gasteiger partial charge is 0.482 e. The lowest BCUT2D eigenvalue weighted by molar-refractivity contribution is -0.119. The van der Waals surface area contributed by atoms with Crippen molar-refractivity contribution in [2.45, 2.75) is 6.42 Å². The molecule has 2 amide bonds. The highest BCUT2D eigenvalue weighted by Crippen LogP contribution is 2.28. The molecule has 1 aromatic carbocycles. The molecule has 0 bridgehead atoms. The second-order valence-corrected chi connectivity index (χ2v) is 4.17. The summed E-state index contributed by atoms with van der Waals surface area (Å²) in [5, 5.41) is 5.42. The summed E-state index contributed by atoms with van der Waals surface area (Å²) < 4.78 is 5.25. The standard InChI is InChI=1S/C12H13ClN2O3/c13-6-11(16)14-4-3-8-1-2-10-9(5-8)15-12(17)7-18-10/h1-2,5H,3-4,6-7H2,(H,14,16)(H,15,17). The fourth-order valence-electron chi connectivity index (χ4n) is 1.68. The van der Waals surface area contributed by atoms with Crippen molar-refractivity contribution in [2.24, 2.45) is 0 Å². The molecule has 1 aliphatic heterocycles. The molecule has 0 saturated carbocycles. The highest BCUT2D eigenvalue weighted by Gasteiger charge is 2.15. The van der Waals surface area contributed by atoms with Crippen LogP contribution in [0.2, 0.25) is 0 Å². The van der Waals surface area contributed by atoms with Crippen LogP contribution in [0.25, 0.3) is 0 Å². The number of carbonyl (C=O) groups is 2. The third-order valence-electron chi connectivity index (χ3n) is 2.53. The number of benzene rings is 1. The smallest absolute Gasteiger partial charge is 0.262 e. The SMILES string of the molecule is O=C(CCl)NCCc1ccc2c(c1)NC(=O)CO2. The zero-order valence-electron chi connectivity index (χ0n) is 9.66. The summed E-state index contributed by atoms with van der Waals surface area (Å²) in [5.74, 6) is 0.290. The molecule has 0 saturated heterocycles. The van der Waals surface area contributed by atoms with Crippen molar-refractivity contribution in [3.8, 4) is 5.75 Å². The van der Waals surface area contributed by atoms with E-state index in [0.717, 1.165) is 5.56 Å². The van der Waals surface area contributed by atoms with Gasteiger partial charge >= 0.3 is 0 Å². The number of hydrogen-bond acceptors (Lipinski definition) is 3. The molecule has 6 heteroatoms. The Labute approximate surface area is 109 Å². The van der Waals surface area contributed by atoms with Crippen LogP contribution >= 0.6 is 11.6 Å². The van der Waals surface area contributed by atoms with E-state index < -0.39 is 0 Å². The quantitative estimate of drug-likeness (QED) is 0.798. The number of nitrogens with one attached hydrogen (secondary N) is 2. The number of ether oxygens (including phenoxy) is 1. The van der Waals surface area contributed by atoms with Crippen LogP contribution in [-0.4, -0.2) is 30.8 Å². The number of halogens is 1. The zero-order valence-corrected chi connectivity index (χ0v) is 10.4. The predicted octanol–water partition coefficient (Wildman–Crippen LogP) is 0.915. The van der Waals surface area contributed by atoms with Crippen LogP contribution in [-0.2, 0) is 16.0 Å². The summed E-state index contributed by atoms with van der Waals surface area (Å²) in [6.45, 7) is 0.567. The van der Waals surface area contributed by atoms with Crippen molar-refractivity contribution < 1.29 is 14.3 Å². The average molecular weight is 269 g/mol. The topological polar surface area (TPSA) is 67.4 Å². The molecule has 1 aromatic rings. The molecule has 1 heterocycles. The Morgan fingerprint density at radius 1 is 1.50 bits per heavy atom. The maximum Gasteiger partial charge on any atom is 0.262 e. The molecule has 0 aromatic heterocycles. The van der Waals surface area contributed by atoms with E-state index in [0.29, 0.717) is 24.4 Å². The van der Waals surface area contributed by atoms with Gasteiger partial charge in [-0.05, 0) is 24.1 Å². The Kier molecular flexibility index (Phi) is 4.04. The van der Waals surface area contributed by atoms with Gasteiger partial charge in [0.25, 0.3) is 5.91 Å². The molecule has 0 fully saturated rings. The zero-order chi connectivity index (χ0) is 13.0. The maximum absolute atomic E-state index is 11.2. The van der Waals surface area contributed by atoms with Gasteiger partial charge in [-0.1, -0.05) is 6.07 Å². The van der Waals surface area contributed by atoms with Crippen LogP contribution < -0.4 is 15.4 Å². The van der Waals surface area contributed by atoms with E-state index in [1.807, 2.05) is 18.2 Å². The Bertz CT molecular complexity index is 476. The van der Waals surface area contributed by atoms with Gasteiger partial charge in [-0.2, -0.15) is 0 Å². The van der Waals surface area contributed by atoms with Gasteiger partial charge in [-0.25, -0.2) is 0 Å². The number of anilines is 1. The van der Waals surface area contributed by atoms with Crippen molar-refractivity contribution in [1.82, 2.24) is 5.32 Å².